The van der Waals surface area contributed by atoms with E-state index in [-0.39, 0.29) is 23.2 Å². The van der Waals surface area contributed by atoms with Crippen LogP contribution in [0.15, 0.2) is 58.8 Å². The molecule has 0 spiro atoms. The molecule has 1 amide bonds. The van der Waals surface area contributed by atoms with Crippen LogP contribution in [-0.4, -0.2) is 28.9 Å². The Labute approximate surface area is 148 Å². The van der Waals surface area contributed by atoms with Gasteiger partial charge in [-0.15, -0.1) is 22.0 Å². The maximum absolute atomic E-state index is 11.9. The summed E-state index contributed by atoms with van der Waals surface area (Å²) in [4.78, 5) is 14.7. The van der Waals surface area contributed by atoms with E-state index in [2.05, 4.69) is 15.2 Å². The van der Waals surface area contributed by atoms with Crippen molar-refractivity contribution in [2.75, 3.05) is 12.9 Å². The Kier molecular flexibility index (Phi) is 5.35. The first-order chi connectivity index (χ1) is 12.2. The fraction of sp³-hybridized carbons (Fsp3) is 0.167. The number of aromatic hydroxyl groups is 1. The molecule has 3 rings (SSSR count). The fourth-order valence-electron chi connectivity index (χ4n) is 2.33. The second kappa shape index (κ2) is 7.85. The van der Waals surface area contributed by atoms with Gasteiger partial charge in [0.25, 0.3) is 5.91 Å². The van der Waals surface area contributed by atoms with E-state index in [9.17, 15) is 9.90 Å². The van der Waals surface area contributed by atoms with E-state index in [4.69, 9.17) is 4.74 Å². The van der Waals surface area contributed by atoms with Crippen LogP contribution in [0.4, 0.5) is 5.69 Å². The van der Waals surface area contributed by atoms with Gasteiger partial charge in [-0.3, -0.25) is 4.79 Å². The Morgan fingerprint density at radius 3 is 2.72 bits per heavy atom. The molecule has 0 radical (unpaired) electrons. The SMILES string of the molecule is COc1ccc(CSCC(=O)N=Nc2c(O)[nH]c3ccccc23)cc1. The van der Waals surface area contributed by atoms with Crippen molar-refractivity contribution in [2.45, 2.75) is 5.75 Å². The monoisotopic (exact) mass is 355 g/mol. The standard InChI is InChI=1S/C18H17N3O3S/c1-24-13-8-6-12(7-9-13)10-25-11-16(22)20-21-17-14-4-2-3-5-15(14)19-18(17)23/h2-9,19,23H,10-11H2,1H3. The number of aromatic amines is 1. The molecule has 1 heterocycles. The van der Waals surface area contributed by atoms with Gasteiger partial charge in [0.15, 0.2) is 5.69 Å². The zero-order chi connectivity index (χ0) is 17.6. The van der Waals surface area contributed by atoms with Gasteiger partial charge in [-0.05, 0) is 23.8 Å². The van der Waals surface area contributed by atoms with E-state index < -0.39 is 0 Å². The maximum atomic E-state index is 11.9. The first-order valence-corrected chi connectivity index (χ1v) is 8.78. The van der Waals surface area contributed by atoms with Crippen molar-refractivity contribution >= 4 is 34.3 Å². The molecule has 3 aromatic rings. The number of nitrogens with zero attached hydrogens (tertiary/aromatic N) is 2. The van der Waals surface area contributed by atoms with Gasteiger partial charge in [0.05, 0.1) is 18.4 Å². The summed E-state index contributed by atoms with van der Waals surface area (Å²) < 4.78 is 5.11. The number of carbonyl (C=O) groups is 1. The van der Waals surface area contributed by atoms with Crippen molar-refractivity contribution in [3.63, 3.8) is 0 Å². The number of hydrogen-bond donors (Lipinski definition) is 2. The summed E-state index contributed by atoms with van der Waals surface area (Å²) in [5.74, 6) is 1.28. The first kappa shape index (κ1) is 17.0. The van der Waals surface area contributed by atoms with Crippen molar-refractivity contribution in [3.05, 3.63) is 54.1 Å². The number of methoxy groups -OCH3 is 1. The van der Waals surface area contributed by atoms with E-state index in [1.54, 1.807) is 7.11 Å². The number of hydrogen-bond acceptors (Lipinski definition) is 5. The van der Waals surface area contributed by atoms with Crippen molar-refractivity contribution in [1.29, 1.82) is 0 Å². The van der Waals surface area contributed by atoms with E-state index in [1.165, 1.54) is 11.8 Å². The average Bonchev–Trinajstić information content (AvgIpc) is 2.95. The highest BCUT2D eigenvalue weighted by Crippen LogP contribution is 2.35. The molecule has 0 saturated heterocycles. The largest absolute Gasteiger partial charge is 0.497 e. The Morgan fingerprint density at radius 2 is 1.96 bits per heavy atom. The van der Waals surface area contributed by atoms with Crippen LogP contribution in [0.1, 0.15) is 5.56 Å². The van der Waals surface area contributed by atoms with Gasteiger partial charge in [-0.1, -0.05) is 30.3 Å². The van der Waals surface area contributed by atoms with Crippen LogP contribution < -0.4 is 4.74 Å². The van der Waals surface area contributed by atoms with Crippen LogP contribution in [0.5, 0.6) is 11.6 Å². The molecule has 0 aliphatic heterocycles. The Bertz CT molecular complexity index is 904. The van der Waals surface area contributed by atoms with Gasteiger partial charge >= 0.3 is 0 Å². The number of amides is 1. The quantitative estimate of drug-likeness (QED) is 0.641. The minimum Gasteiger partial charge on any atom is -0.497 e. The Balaban J connectivity index is 1.56. The molecule has 0 aliphatic carbocycles. The minimum absolute atomic E-state index is 0.0939. The normalized spacial score (nSPS) is 11.2. The zero-order valence-corrected chi connectivity index (χ0v) is 14.4. The topological polar surface area (TPSA) is 87.0 Å². The molecule has 0 fully saturated rings. The number of benzene rings is 2. The molecule has 2 aromatic carbocycles. The van der Waals surface area contributed by atoms with Crippen LogP contribution >= 0.6 is 11.8 Å². The third-order valence-electron chi connectivity index (χ3n) is 3.57. The Hall–Kier alpha value is -2.80. The Morgan fingerprint density at radius 1 is 1.20 bits per heavy atom. The van der Waals surface area contributed by atoms with Crippen molar-refractivity contribution in [1.82, 2.24) is 4.98 Å². The van der Waals surface area contributed by atoms with Gasteiger partial charge in [-0.2, -0.15) is 0 Å². The highest BCUT2D eigenvalue weighted by atomic mass is 32.2. The number of azo groups is 1. The van der Waals surface area contributed by atoms with Crippen molar-refractivity contribution in [2.24, 2.45) is 10.2 Å². The molecule has 0 atom stereocenters. The molecular weight excluding hydrogens is 338 g/mol. The van der Waals surface area contributed by atoms with Crippen LogP contribution in [0, 0.1) is 0 Å². The summed E-state index contributed by atoms with van der Waals surface area (Å²) in [6.45, 7) is 0. The zero-order valence-electron chi connectivity index (χ0n) is 13.6. The third-order valence-corrected chi connectivity index (χ3v) is 4.56. The number of nitrogens with one attached hydrogen (secondary N) is 1. The first-order valence-electron chi connectivity index (χ1n) is 7.62. The third kappa shape index (κ3) is 4.19. The predicted molar refractivity (Wildman–Crippen MR) is 98.6 cm³/mol. The van der Waals surface area contributed by atoms with Crippen LogP contribution in [0.25, 0.3) is 10.9 Å². The summed E-state index contributed by atoms with van der Waals surface area (Å²) >= 11 is 1.46. The summed E-state index contributed by atoms with van der Waals surface area (Å²) in [6.07, 6.45) is 0. The number of fused-ring (bicyclic) bond motifs is 1. The number of rotatable bonds is 6. The van der Waals surface area contributed by atoms with Gasteiger partial charge in [0.1, 0.15) is 5.75 Å². The number of H-pyrrole nitrogens is 1. The van der Waals surface area contributed by atoms with Crippen molar-refractivity contribution < 1.29 is 14.6 Å². The lowest BCUT2D eigenvalue weighted by Crippen LogP contribution is -1.96. The molecule has 6 nitrogen and oxygen atoms in total. The number of carbonyl (C=O) groups excluding carboxylic acids is 1. The lowest BCUT2D eigenvalue weighted by molar-refractivity contribution is -0.115. The van der Waals surface area contributed by atoms with Gasteiger partial charge < -0.3 is 14.8 Å². The van der Waals surface area contributed by atoms with E-state index >= 15 is 0 Å². The predicted octanol–water partition coefficient (Wildman–Crippen LogP) is 4.43. The van der Waals surface area contributed by atoms with Crippen LogP contribution in [0.3, 0.4) is 0 Å². The highest BCUT2D eigenvalue weighted by Gasteiger charge is 2.10. The molecule has 128 valence electrons. The maximum Gasteiger partial charge on any atom is 0.274 e. The van der Waals surface area contributed by atoms with Gasteiger partial charge in [-0.25, -0.2) is 0 Å². The molecule has 0 unspecified atom stereocenters. The molecule has 25 heavy (non-hydrogen) atoms. The molecule has 0 aliphatic rings. The summed E-state index contributed by atoms with van der Waals surface area (Å²) in [7, 11) is 1.62. The van der Waals surface area contributed by atoms with Crippen LogP contribution in [-0.2, 0) is 10.5 Å². The minimum atomic E-state index is -0.344. The van der Waals surface area contributed by atoms with Crippen molar-refractivity contribution in [3.8, 4) is 11.6 Å². The van der Waals surface area contributed by atoms with Gasteiger partial charge in [0.2, 0.25) is 5.88 Å². The summed E-state index contributed by atoms with van der Waals surface area (Å²) in [6, 6.07) is 15.0. The van der Waals surface area contributed by atoms with E-state index in [0.717, 1.165) is 22.2 Å². The van der Waals surface area contributed by atoms with Crippen LogP contribution in [0.2, 0.25) is 0 Å². The molecular formula is C18H17N3O3S. The smallest absolute Gasteiger partial charge is 0.274 e. The fourth-order valence-corrected chi connectivity index (χ4v) is 3.09. The molecule has 0 bridgehead atoms. The van der Waals surface area contributed by atoms with Gasteiger partial charge in [0, 0.05) is 11.1 Å². The lowest BCUT2D eigenvalue weighted by Gasteiger charge is -2.02. The molecule has 7 heteroatoms. The molecule has 2 N–H and O–H groups in total. The molecule has 1 aromatic heterocycles. The average molecular weight is 355 g/mol. The number of para-hydroxylation sites is 1. The second-order valence-electron chi connectivity index (χ2n) is 5.30. The second-order valence-corrected chi connectivity index (χ2v) is 6.29. The highest BCUT2D eigenvalue weighted by molar-refractivity contribution is 7.99. The number of aromatic nitrogens is 1. The molecule has 0 saturated carbocycles. The lowest BCUT2D eigenvalue weighted by atomic mass is 10.2. The summed E-state index contributed by atoms with van der Waals surface area (Å²) in [5, 5.41) is 18.2. The number of thioether (sulfide) groups is 1. The van der Waals surface area contributed by atoms with E-state index in [0.29, 0.717) is 5.75 Å². The number of ether oxygens (including phenoxy) is 1. The summed E-state index contributed by atoms with van der Waals surface area (Å²) in [5.41, 5.74) is 2.13. The van der Waals surface area contributed by atoms with E-state index in [1.807, 2.05) is 48.5 Å².